The fraction of sp³-hybridized carbons (Fsp3) is 0.471. The van der Waals surface area contributed by atoms with Crippen LogP contribution >= 0.6 is 0 Å². The van der Waals surface area contributed by atoms with E-state index in [0.717, 1.165) is 32.2 Å². The van der Waals surface area contributed by atoms with Crippen LogP contribution in [-0.2, 0) is 4.79 Å². The summed E-state index contributed by atoms with van der Waals surface area (Å²) in [6.07, 6.45) is 2.33. The van der Waals surface area contributed by atoms with Gasteiger partial charge in [0.1, 0.15) is 5.75 Å². The molecule has 2 aliphatic carbocycles. The molecule has 0 aromatic heterocycles. The molecule has 2 fully saturated rings. The Morgan fingerprint density at radius 2 is 1.91 bits per heavy atom. The summed E-state index contributed by atoms with van der Waals surface area (Å²) in [4.78, 5) is 14.2. The molecule has 23 heavy (non-hydrogen) atoms. The van der Waals surface area contributed by atoms with Gasteiger partial charge in [-0.1, -0.05) is 18.2 Å². The number of hydrogen-bond donors (Lipinski definition) is 0. The minimum Gasteiger partial charge on any atom is -0.405 e. The molecule has 0 aliphatic heterocycles. The number of ether oxygens (including phenoxy) is 1. The molecule has 0 N–H and O–H groups in total. The maximum atomic E-state index is 12.4. The van der Waals surface area contributed by atoms with E-state index in [1.54, 1.807) is 6.07 Å². The van der Waals surface area contributed by atoms with Crippen LogP contribution in [0.15, 0.2) is 30.3 Å². The standard InChI is InChI=1S/C17H18F3NO2/c18-17(19,20)23-15-4-2-1-3-13(15)7-10-16(22)21(14-8-9-14)11-12-5-6-12/h1-4,7,10,12,14H,5-6,8-9,11H2/b10-7+. The molecule has 2 saturated carbocycles. The molecule has 0 saturated heterocycles. The van der Waals surface area contributed by atoms with Crippen molar-refractivity contribution >= 4 is 12.0 Å². The lowest BCUT2D eigenvalue weighted by Gasteiger charge is -2.20. The lowest BCUT2D eigenvalue weighted by Crippen LogP contribution is -2.33. The van der Waals surface area contributed by atoms with Gasteiger partial charge >= 0.3 is 6.36 Å². The summed E-state index contributed by atoms with van der Waals surface area (Å²) in [5.41, 5.74) is 0.236. The molecule has 0 radical (unpaired) electrons. The number of halogens is 3. The van der Waals surface area contributed by atoms with Crippen LogP contribution in [0.5, 0.6) is 5.75 Å². The molecular weight excluding hydrogens is 307 g/mol. The average molecular weight is 325 g/mol. The Morgan fingerprint density at radius 1 is 1.22 bits per heavy atom. The van der Waals surface area contributed by atoms with Crippen molar-refractivity contribution in [3.63, 3.8) is 0 Å². The number of rotatable bonds is 6. The Hall–Kier alpha value is -1.98. The summed E-state index contributed by atoms with van der Waals surface area (Å²) >= 11 is 0. The number of carbonyl (C=O) groups excluding carboxylic acids is 1. The SMILES string of the molecule is O=C(/C=C/c1ccccc1OC(F)(F)F)N(CC1CC1)C1CC1. The third-order valence-corrected chi connectivity index (χ3v) is 3.97. The van der Waals surface area contributed by atoms with E-state index in [1.807, 2.05) is 4.90 Å². The molecule has 2 aliphatic rings. The quantitative estimate of drug-likeness (QED) is 0.740. The maximum absolute atomic E-state index is 12.4. The second-order valence-electron chi connectivity index (χ2n) is 6.08. The summed E-state index contributed by atoms with van der Waals surface area (Å²) in [5.74, 6) is 0.152. The van der Waals surface area contributed by atoms with Gasteiger partial charge < -0.3 is 9.64 Å². The Morgan fingerprint density at radius 3 is 2.52 bits per heavy atom. The van der Waals surface area contributed by atoms with E-state index in [1.165, 1.54) is 30.4 Å². The smallest absolute Gasteiger partial charge is 0.405 e. The number of para-hydroxylation sites is 1. The summed E-state index contributed by atoms with van der Waals surface area (Å²) in [6.45, 7) is 0.758. The maximum Gasteiger partial charge on any atom is 0.573 e. The number of amides is 1. The van der Waals surface area contributed by atoms with Crippen molar-refractivity contribution in [2.24, 2.45) is 5.92 Å². The van der Waals surface area contributed by atoms with Crippen molar-refractivity contribution in [1.29, 1.82) is 0 Å². The monoisotopic (exact) mass is 325 g/mol. The molecule has 3 rings (SSSR count). The largest absolute Gasteiger partial charge is 0.573 e. The molecule has 6 heteroatoms. The first kappa shape index (κ1) is 15.9. The Kier molecular flexibility index (Phi) is 4.33. The van der Waals surface area contributed by atoms with Crippen LogP contribution in [0.2, 0.25) is 0 Å². The topological polar surface area (TPSA) is 29.5 Å². The molecule has 1 aromatic rings. The predicted octanol–water partition coefficient (Wildman–Crippen LogP) is 4.00. The predicted molar refractivity (Wildman–Crippen MR) is 79.6 cm³/mol. The zero-order valence-corrected chi connectivity index (χ0v) is 12.6. The zero-order chi connectivity index (χ0) is 16.4. The van der Waals surface area contributed by atoms with Crippen LogP contribution in [0.1, 0.15) is 31.2 Å². The van der Waals surface area contributed by atoms with E-state index in [2.05, 4.69) is 4.74 Å². The van der Waals surface area contributed by atoms with Crippen LogP contribution in [0.4, 0.5) is 13.2 Å². The zero-order valence-electron chi connectivity index (χ0n) is 12.6. The number of nitrogens with zero attached hydrogens (tertiary/aromatic N) is 1. The highest BCUT2D eigenvalue weighted by Gasteiger charge is 2.35. The van der Waals surface area contributed by atoms with Crippen molar-refractivity contribution in [2.45, 2.75) is 38.1 Å². The highest BCUT2D eigenvalue weighted by molar-refractivity contribution is 5.92. The molecule has 1 aromatic carbocycles. The van der Waals surface area contributed by atoms with E-state index in [-0.39, 0.29) is 17.2 Å². The third kappa shape index (κ3) is 4.74. The molecule has 0 spiro atoms. The summed E-state index contributed by atoms with van der Waals surface area (Å²) < 4.78 is 41.2. The van der Waals surface area contributed by atoms with Gasteiger partial charge in [-0.05, 0) is 43.7 Å². The van der Waals surface area contributed by atoms with Crippen LogP contribution in [0.3, 0.4) is 0 Å². The van der Waals surface area contributed by atoms with Crippen LogP contribution in [0.25, 0.3) is 6.08 Å². The second-order valence-corrected chi connectivity index (χ2v) is 6.08. The number of benzene rings is 1. The summed E-state index contributed by atoms with van der Waals surface area (Å²) in [6, 6.07) is 6.10. The lowest BCUT2D eigenvalue weighted by atomic mass is 10.2. The van der Waals surface area contributed by atoms with E-state index < -0.39 is 6.36 Å². The molecule has 0 atom stereocenters. The van der Waals surface area contributed by atoms with Crippen molar-refractivity contribution in [3.05, 3.63) is 35.9 Å². The number of carbonyl (C=O) groups is 1. The molecule has 0 unspecified atom stereocenters. The summed E-state index contributed by atoms with van der Waals surface area (Å²) in [5, 5.41) is 0. The molecule has 1 amide bonds. The molecule has 0 bridgehead atoms. The van der Waals surface area contributed by atoms with Gasteiger partial charge in [0.2, 0.25) is 5.91 Å². The van der Waals surface area contributed by atoms with Gasteiger partial charge in [-0.25, -0.2) is 0 Å². The highest BCUT2D eigenvalue weighted by atomic mass is 19.4. The van der Waals surface area contributed by atoms with Gasteiger partial charge in [-0.2, -0.15) is 0 Å². The van der Waals surface area contributed by atoms with E-state index in [9.17, 15) is 18.0 Å². The first-order chi connectivity index (χ1) is 10.9. The number of hydrogen-bond acceptors (Lipinski definition) is 2. The Labute approximate surface area is 132 Å². The van der Waals surface area contributed by atoms with Gasteiger partial charge in [0, 0.05) is 24.2 Å². The molecule has 124 valence electrons. The van der Waals surface area contributed by atoms with Gasteiger partial charge in [0.25, 0.3) is 0 Å². The van der Waals surface area contributed by atoms with Gasteiger partial charge in [0.05, 0.1) is 0 Å². The van der Waals surface area contributed by atoms with Crippen molar-refractivity contribution < 1.29 is 22.7 Å². The number of alkyl halides is 3. The fourth-order valence-corrected chi connectivity index (χ4v) is 2.48. The van der Waals surface area contributed by atoms with Gasteiger partial charge in [-0.3, -0.25) is 4.79 Å². The van der Waals surface area contributed by atoms with E-state index >= 15 is 0 Å². The first-order valence-corrected chi connectivity index (χ1v) is 7.76. The van der Waals surface area contributed by atoms with Crippen LogP contribution < -0.4 is 4.74 Å². The Balaban J connectivity index is 1.69. The Bertz CT molecular complexity index is 604. The third-order valence-electron chi connectivity index (χ3n) is 3.97. The van der Waals surface area contributed by atoms with Gasteiger partial charge in [0.15, 0.2) is 0 Å². The average Bonchev–Trinajstić information content (AvgIpc) is 3.35. The van der Waals surface area contributed by atoms with Crippen molar-refractivity contribution in [3.8, 4) is 5.75 Å². The van der Waals surface area contributed by atoms with Crippen molar-refractivity contribution in [1.82, 2.24) is 4.90 Å². The van der Waals surface area contributed by atoms with Crippen LogP contribution in [0, 0.1) is 5.92 Å². The fourth-order valence-electron chi connectivity index (χ4n) is 2.48. The van der Waals surface area contributed by atoms with E-state index in [4.69, 9.17) is 0 Å². The minimum atomic E-state index is -4.75. The first-order valence-electron chi connectivity index (χ1n) is 7.76. The van der Waals surface area contributed by atoms with Crippen LogP contribution in [-0.4, -0.2) is 29.8 Å². The van der Waals surface area contributed by atoms with Gasteiger partial charge in [-0.15, -0.1) is 13.2 Å². The molecular formula is C17H18F3NO2. The van der Waals surface area contributed by atoms with E-state index in [0.29, 0.717) is 12.0 Å². The van der Waals surface area contributed by atoms with Crippen molar-refractivity contribution in [2.75, 3.05) is 6.54 Å². The second kappa shape index (κ2) is 6.26. The molecule has 0 heterocycles. The molecule has 3 nitrogen and oxygen atoms in total. The summed E-state index contributed by atoms with van der Waals surface area (Å²) in [7, 11) is 0. The normalized spacial score (nSPS) is 18.2. The highest BCUT2D eigenvalue weighted by Crippen LogP contribution is 2.35. The lowest BCUT2D eigenvalue weighted by molar-refractivity contribution is -0.274. The minimum absolute atomic E-state index is 0.138.